The number of aryl methyl sites for hydroxylation is 1. The minimum Gasteiger partial charge on any atom is -0.488 e. The summed E-state index contributed by atoms with van der Waals surface area (Å²) >= 11 is 3.46. The van der Waals surface area contributed by atoms with Gasteiger partial charge in [0.1, 0.15) is 12.4 Å². The zero-order valence-corrected chi connectivity index (χ0v) is 15.1. The summed E-state index contributed by atoms with van der Waals surface area (Å²) in [4.78, 5) is 0.265. The fourth-order valence-corrected chi connectivity index (χ4v) is 3.47. The van der Waals surface area contributed by atoms with Crippen LogP contribution in [-0.2, 0) is 16.6 Å². The van der Waals surface area contributed by atoms with E-state index in [0.29, 0.717) is 6.61 Å². The van der Waals surface area contributed by atoms with Crippen LogP contribution in [0.4, 0.5) is 0 Å². The zero-order valence-electron chi connectivity index (χ0n) is 12.7. The van der Waals surface area contributed by atoms with Gasteiger partial charge in [-0.25, -0.2) is 12.7 Å². The van der Waals surface area contributed by atoms with Gasteiger partial charge in [-0.05, 0) is 58.2 Å². The molecular weight excluding hydrogens is 366 g/mol. The van der Waals surface area contributed by atoms with Crippen molar-refractivity contribution in [3.63, 3.8) is 0 Å². The molecule has 0 aromatic heterocycles. The first-order valence-electron chi connectivity index (χ1n) is 6.71. The SMILES string of the molecule is Cc1ccc(OCc2cccc(S(=O)(=O)N(C)C)c2)c(Br)c1. The number of rotatable bonds is 5. The number of hydrogen-bond donors (Lipinski definition) is 0. The largest absolute Gasteiger partial charge is 0.488 e. The molecule has 0 N–H and O–H groups in total. The van der Waals surface area contributed by atoms with Crippen molar-refractivity contribution >= 4 is 26.0 Å². The van der Waals surface area contributed by atoms with Crippen molar-refractivity contribution in [2.24, 2.45) is 0 Å². The van der Waals surface area contributed by atoms with Gasteiger partial charge in [0, 0.05) is 14.1 Å². The normalized spacial score (nSPS) is 11.7. The Kier molecular flexibility index (Phi) is 5.26. The lowest BCUT2D eigenvalue weighted by molar-refractivity contribution is 0.304. The summed E-state index contributed by atoms with van der Waals surface area (Å²) in [5.74, 6) is 0.728. The third-order valence-corrected chi connectivity index (χ3v) is 5.59. The van der Waals surface area contributed by atoms with E-state index in [2.05, 4.69) is 15.9 Å². The van der Waals surface area contributed by atoms with Crippen LogP contribution in [0, 0.1) is 6.92 Å². The van der Waals surface area contributed by atoms with E-state index >= 15 is 0 Å². The zero-order chi connectivity index (χ0) is 16.3. The highest BCUT2D eigenvalue weighted by atomic mass is 79.9. The van der Waals surface area contributed by atoms with Crippen LogP contribution in [0.3, 0.4) is 0 Å². The molecule has 22 heavy (non-hydrogen) atoms. The van der Waals surface area contributed by atoms with Crippen molar-refractivity contribution in [1.29, 1.82) is 0 Å². The van der Waals surface area contributed by atoms with Crippen LogP contribution in [0.1, 0.15) is 11.1 Å². The summed E-state index contributed by atoms with van der Waals surface area (Å²) in [6, 6.07) is 12.6. The van der Waals surface area contributed by atoms with Crippen molar-refractivity contribution < 1.29 is 13.2 Å². The molecule has 0 amide bonds. The number of nitrogens with zero attached hydrogens (tertiary/aromatic N) is 1. The quantitative estimate of drug-likeness (QED) is 0.792. The van der Waals surface area contributed by atoms with E-state index in [4.69, 9.17) is 4.74 Å². The van der Waals surface area contributed by atoms with Gasteiger partial charge in [-0.15, -0.1) is 0 Å². The smallest absolute Gasteiger partial charge is 0.242 e. The first kappa shape index (κ1) is 17.0. The lowest BCUT2D eigenvalue weighted by Crippen LogP contribution is -2.22. The molecule has 0 spiro atoms. The van der Waals surface area contributed by atoms with Crippen molar-refractivity contribution in [3.8, 4) is 5.75 Å². The number of hydrogen-bond acceptors (Lipinski definition) is 3. The molecule has 2 rings (SSSR count). The predicted octanol–water partition coefficient (Wildman–Crippen LogP) is 3.59. The average molecular weight is 384 g/mol. The van der Waals surface area contributed by atoms with E-state index in [0.717, 1.165) is 21.3 Å². The Bertz CT molecular complexity index is 773. The average Bonchev–Trinajstić information content (AvgIpc) is 2.46. The van der Waals surface area contributed by atoms with Gasteiger partial charge in [0.05, 0.1) is 9.37 Å². The molecule has 2 aromatic rings. The third-order valence-electron chi connectivity index (χ3n) is 3.16. The number of sulfonamides is 1. The summed E-state index contributed by atoms with van der Waals surface area (Å²) in [6.45, 7) is 2.31. The highest BCUT2D eigenvalue weighted by molar-refractivity contribution is 9.10. The predicted molar refractivity (Wildman–Crippen MR) is 90.5 cm³/mol. The maximum Gasteiger partial charge on any atom is 0.242 e. The second-order valence-electron chi connectivity index (χ2n) is 5.16. The summed E-state index contributed by atoms with van der Waals surface area (Å²) in [5.41, 5.74) is 1.94. The maximum atomic E-state index is 12.1. The van der Waals surface area contributed by atoms with E-state index in [1.165, 1.54) is 18.4 Å². The summed E-state index contributed by atoms with van der Waals surface area (Å²) in [7, 11) is -0.396. The topological polar surface area (TPSA) is 46.6 Å². The van der Waals surface area contributed by atoms with E-state index < -0.39 is 10.0 Å². The van der Waals surface area contributed by atoms with Gasteiger partial charge in [-0.2, -0.15) is 0 Å². The molecule has 0 aliphatic heterocycles. The Balaban J connectivity index is 2.18. The summed E-state index contributed by atoms with van der Waals surface area (Å²) in [6.07, 6.45) is 0. The third kappa shape index (κ3) is 3.88. The van der Waals surface area contributed by atoms with Crippen LogP contribution in [0.15, 0.2) is 51.8 Å². The standard InChI is InChI=1S/C16H18BrNO3S/c1-12-7-8-16(15(17)9-12)21-11-13-5-4-6-14(10-13)22(19,20)18(2)3/h4-10H,11H2,1-3H3. The van der Waals surface area contributed by atoms with Crippen LogP contribution in [0.5, 0.6) is 5.75 Å². The Hall–Kier alpha value is -1.37. The minimum atomic E-state index is -3.43. The molecule has 6 heteroatoms. The number of ether oxygens (including phenoxy) is 1. The van der Waals surface area contributed by atoms with Crippen molar-refractivity contribution in [3.05, 3.63) is 58.1 Å². The van der Waals surface area contributed by atoms with Gasteiger partial charge < -0.3 is 4.74 Å². The molecule has 0 bridgehead atoms. The van der Waals surface area contributed by atoms with Gasteiger partial charge in [-0.1, -0.05) is 18.2 Å². The first-order chi connectivity index (χ1) is 10.3. The van der Waals surface area contributed by atoms with Crippen LogP contribution in [0.25, 0.3) is 0 Å². The van der Waals surface area contributed by atoms with Gasteiger partial charge in [0.15, 0.2) is 0 Å². The molecule has 0 radical (unpaired) electrons. The van der Waals surface area contributed by atoms with Crippen LogP contribution >= 0.6 is 15.9 Å². The second kappa shape index (κ2) is 6.81. The lowest BCUT2D eigenvalue weighted by Gasteiger charge is -2.13. The van der Waals surface area contributed by atoms with Crippen molar-refractivity contribution in [2.45, 2.75) is 18.4 Å². The van der Waals surface area contributed by atoms with Gasteiger partial charge >= 0.3 is 0 Å². The fraction of sp³-hybridized carbons (Fsp3) is 0.250. The molecule has 0 aliphatic rings. The Morgan fingerprint density at radius 2 is 1.86 bits per heavy atom. The molecule has 0 saturated carbocycles. The molecule has 0 aliphatic carbocycles. The Morgan fingerprint density at radius 3 is 2.50 bits per heavy atom. The molecule has 0 fully saturated rings. The highest BCUT2D eigenvalue weighted by Crippen LogP contribution is 2.26. The molecule has 0 saturated heterocycles. The summed E-state index contributed by atoms with van der Waals surface area (Å²) < 4.78 is 32.1. The second-order valence-corrected chi connectivity index (χ2v) is 8.16. The van der Waals surface area contributed by atoms with E-state index in [-0.39, 0.29) is 4.90 Å². The van der Waals surface area contributed by atoms with Crippen molar-refractivity contribution in [1.82, 2.24) is 4.31 Å². The lowest BCUT2D eigenvalue weighted by atomic mass is 10.2. The van der Waals surface area contributed by atoms with E-state index in [9.17, 15) is 8.42 Å². The van der Waals surface area contributed by atoms with E-state index in [1.807, 2.05) is 31.2 Å². The minimum absolute atomic E-state index is 0.265. The molecule has 118 valence electrons. The monoisotopic (exact) mass is 383 g/mol. The van der Waals surface area contributed by atoms with Crippen LogP contribution in [0.2, 0.25) is 0 Å². The van der Waals surface area contributed by atoms with Gasteiger partial charge in [-0.3, -0.25) is 0 Å². The Labute approximate surface area is 139 Å². The molecule has 0 atom stereocenters. The molecule has 4 nitrogen and oxygen atoms in total. The van der Waals surface area contributed by atoms with Crippen molar-refractivity contribution in [2.75, 3.05) is 14.1 Å². The van der Waals surface area contributed by atoms with Crippen LogP contribution in [-0.4, -0.2) is 26.8 Å². The molecule has 0 heterocycles. The molecular formula is C16H18BrNO3S. The van der Waals surface area contributed by atoms with Crippen LogP contribution < -0.4 is 4.74 Å². The number of halogens is 1. The Morgan fingerprint density at radius 1 is 1.14 bits per heavy atom. The summed E-state index contributed by atoms with van der Waals surface area (Å²) in [5, 5.41) is 0. The van der Waals surface area contributed by atoms with Gasteiger partial charge in [0.25, 0.3) is 0 Å². The highest BCUT2D eigenvalue weighted by Gasteiger charge is 2.17. The fourth-order valence-electron chi connectivity index (χ4n) is 1.89. The maximum absolute atomic E-state index is 12.1. The number of benzene rings is 2. The van der Waals surface area contributed by atoms with Gasteiger partial charge in [0.2, 0.25) is 10.0 Å². The van der Waals surface area contributed by atoms with E-state index in [1.54, 1.807) is 18.2 Å². The first-order valence-corrected chi connectivity index (χ1v) is 8.94. The molecule has 0 unspecified atom stereocenters. The molecule has 2 aromatic carbocycles.